The molecular formula is C13H10F2N2O3S. The Morgan fingerprint density at radius 3 is 2.00 bits per heavy atom. The molecule has 0 aliphatic rings. The molecule has 21 heavy (non-hydrogen) atoms. The maximum Gasteiger partial charge on any atom is 0.255 e. The third-order valence-corrected chi connectivity index (χ3v) is 3.49. The average Bonchev–Trinajstić information content (AvgIpc) is 2.36. The number of primary sulfonamides is 1. The van der Waals surface area contributed by atoms with Gasteiger partial charge in [-0.3, -0.25) is 4.79 Å². The minimum absolute atomic E-state index is 0.0481. The van der Waals surface area contributed by atoms with E-state index in [4.69, 9.17) is 5.14 Å². The highest BCUT2D eigenvalue weighted by Crippen LogP contribution is 2.15. The number of halogens is 2. The van der Waals surface area contributed by atoms with Crippen LogP contribution in [0.3, 0.4) is 0 Å². The van der Waals surface area contributed by atoms with Crippen molar-refractivity contribution in [3.05, 3.63) is 59.7 Å². The van der Waals surface area contributed by atoms with E-state index in [2.05, 4.69) is 5.32 Å². The van der Waals surface area contributed by atoms with Gasteiger partial charge < -0.3 is 5.32 Å². The summed E-state index contributed by atoms with van der Waals surface area (Å²) >= 11 is 0. The van der Waals surface area contributed by atoms with E-state index >= 15 is 0 Å². The highest BCUT2D eigenvalue weighted by Gasteiger charge is 2.11. The molecular weight excluding hydrogens is 302 g/mol. The van der Waals surface area contributed by atoms with Gasteiger partial charge in [0.1, 0.15) is 11.6 Å². The van der Waals surface area contributed by atoms with Crippen LogP contribution in [0.15, 0.2) is 47.4 Å². The van der Waals surface area contributed by atoms with Crippen molar-refractivity contribution in [2.75, 3.05) is 5.32 Å². The molecule has 0 atom stereocenters. The third kappa shape index (κ3) is 3.83. The zero-order valence-corrected chi connectivity index (χ0v) is 11.3. The lowest BCUT2D eigenvalue weighted by Crippen LogP contribution is -2.14. The molecule has 3 N–H and O–H groups in total. The van der Waals surface area contributed by atoms with Crippen LogP contribution >= 0.6 is 0 Å². The van der Waals surface area contributed by atoms with E-state index in [1.807, 2.05) is 0 Å². The maximum absolute atomic E-state index is 13.0. The molecule has 0 radical (unpaired) electrons. The van der Waals surface area contributed by atoms with Gasteiger partial charge in [0, 0.05) is 17.3 Å². The van der Waals surface area contributed by atoms with Crippen molar-refractivity contribution in [2.45, 2.75) is 4.90 Å². The molecule has 0 heterocycles. The summed E-state index contributed by atoms with van der Waals surface area (Å²) in [5.41, 5.74) is 0.0695. The molecule has 2 rings (SSSR count). The van der Waals surface area contributed by atoms with E-state index in [0.29, 0.717) is 6.07 Å². The normalized spacial score (nSPS) is 11.2. The summed E-state index contributed by atoms with van der Waals surface area (Å²) in [4.78, 5) is 11.7. The van der Waals surface area contributed by atoms with Crippen molar-refractivity contribution in [2.24, 2.45) is 5.14 Å². The van der Waals surface area contributed by atoms with Crippen LogP contribution < -0.4 is 10.5 Å². The topological polar surface area (TPSA) is 89.3 Å². The quantitative estimate of drug-likeness (QED) is 0.906. The van der Waals surface area contributed by atoms with E-state index < -0.39 is 27.6 Å². The lowest BCUT2D eigenvalue weighted by Gasteiger charge is -2.06. The molecule has 5 nitrogen and oxygen atoms in total. The number of benzene rings is 2. The first-order chi connectivity index (χ1) is 9.75. The zero-order chi connectivity index (χ0) is 15.6. The smallest absolute Gasteiger partial charge is 0.255 e. The summed E-state index contributed by atoms with van der Waals surface area (Å²) in [6.07, 6.45) is 0. The van der Waals surface area contributed by atoms with Gasteiger partial charge in [0.2, 0.25) is 10.0 Å². The highest BCUT2D eigenvalue weighted by atomic mass is 32.2. The predicted octanol–water partition coefficient (Wildman–Crippen LogP) is 1.86. The minimum atomic E-state index is -3.85. The SMILES string of the molecule is NS(=O)(=O)c1ccc(C(=O)Nc2cc(F)cc(F)c2)cc1. The number of rotatable bonds is 3. The minimum Gasteiger partial charge on any atom is -0.322 e. The number of hydrogen-bond acceptors (Lipinski definition) is 3. The molecule has 0 saturated carbocycles. The van der Waals surface area contributed by atoms with Crippen molar-refractivity contribution < 1.29 is 22.0 Å². The summed E-state index contributed by atoms with van der Waals surface area (Å²) in [5.74, 6) is -2.29. The molecule has 0 spiro atoms. The Kier molecular flexibility index (Phi) is 4.01. The van der Waals surface area contributed by atoms with Gasteiger partial charge in [-0.1, -0.05) is 0 Å². The Balaban J connectivity index is 2.20. The predicted molar refractivity (Wildman–Crippen MR) is 72.1 cm³/mol. The second-order valence-electron chi connectivity index (χ2n) is 4.18. The average molecular weight is 312 g/mol. The second kappa shape index (κ2) is 5.58. The van der Waals surface area contributed by atoms with Gasteiger partial charge in [-0.25, -0.2) is 22.3 Å². The molecule has 8 heteroatoms. The van der Waals surface area contributed by atoms with Crippen molar-refractivity contribution in [3.63, 3.8) is 0 Å². The Labute approximate surface area is 119 Å². The van der Waals surface area contributed by atoms with Gasteiger partial charge >= 0.3 is 0 Å². The first-order valence-electron chi connectivity index (χ1n) is 5.66. The fraction of sp³-hybridized carbons (Fsp3) is 0. The van der Waals surface area contributed by atoms with Crippen LogP contribution in [0, 0.1) is 11.6 Å². The molecule has 0 unspecified atom stereocenters. The maximum atomic E-state index is 13.0. The Morgan fingerprint density at radius 2 is 1.52 bits per heavy atom. The fourth-order valence-corrected chi connectivity index (χ4v) is 2.14. The number of carbonyl (C=O) groups excluding carboxylic acids is 1. The van der Waals surface area contributed by atoms with E-state index in [9.17, 15) is 22.0 Å². The van der Waals surface area contributed by atoms with Crippen molar-refractivity contribution >= 4 is 21.6 Å². The summed E-state index contributed by atoms with van der Waals surface area (Å²) in [6, 6.07) is 7.40. The van der Waals surface area contributed by atoms with E-state index in [1.54, 1.807) is 0 Å². The van der Waals surface area contributed by atoms with Gasteiger partial charge in [0.05, 0.1) is 4.90 Å². The number of sulfonamides is 1. The zero-order valence-electron chi connectivity index (χ0n) is 10.5. The first kappa shape index (κ1) is 15.1. The van der Waals surface area contributed by atoms with Gasteiger partial charge in [0.25, 0.3) is 5.91 Å². The molecule has 1 amide bonds. The fourth-order valence-electron chi connectivity index (χ4n) is 1.63. The Hall–Kier alpha value is -2.32. The number of nitrogens with two attached hydrogens (primary N) is 1. The molecule has 110 valence electrons. The lowest BCUT2D eigenvalue weighted by atomic mass is 10.2. The molecule has 2 aromatic carbocycles. The van der Waals surface area contributed by atoms with E-state index in [0.717, 1.165) is 24.3 Å². The number of carbonyl (C=O) groups is 1. The number of amides is 1. The molecule has 0 fully saturated rings. The molecule has 2 aromatic rings. The molecule has 0 aliphatic carbocycles. The highest BCUT2D eigenvalue weighted by molar-refractivity contribution is 7.89. The van der Waals surface area contributed by atoms with Crippen LogP contribution in [0.4, 0.5) is 14.5 Å². The van der Waals surface area contributed by atoms with Crippen LogP contribution in [0.1, 0.15) is 10.4 Å². The summed E-state index contributed by atoms with van der Waals surface area (Å²) in [5, 5.41) is 7.23. The Bertz CT molecular complexity index is 769. The van der Waals surface area contributed by atoms with Gasteiger partial charge in [-0.05, 0) is 36.4 Å². The van der Waals surface area contributed by atoms with E-state index in [-0.39, 0.29) is 16.1 Å². The number of hydrogen-bond donors (Lipinski definition) is 2. The largest absolute Gasteiger partial charge is 0.322 e. The van der Waals surface area contributed by atoms with Crippen LogP contribution in [0.2, 0.25) is 0 Å². The van der Waals surface area contributed by atoms with Crippen molar-refractivity contribution in [3.8, 4) is 0 Å². The molecule has 0 saturated heterocycles. The second-order valence-corrected chi connectivity index (χ2v) is 5.74. The summed E-state index contributed by atoms with van der Waals surface area (Å²) in [6.45, 7) is 0. The summed E-state index contributed by atoms with van der Waals surface area (Å²) in [7, 11) is -3.85. The standard InChI is InChI=1S/C13H10F2N2O3S/c14-9-5-10(15)7-11(6-9)17-13(18)8-1-3-12(4-2-8)21(16,19)20/h1-7H,(H,17,18)(H2,16,19,20). The van der Waals surface area contributed by atoms with Gasteiger partial charge in [-0.2, -0.15) is 0 Å². The van der Waals surface area contributed by atoms with Gasteiger partial charge in [-0.15, -0.1) is 0 Å². The van der Waals surface area contributed by atoms with Gasteiger partial charge in [0.15, 0.2) is 0 Å². The van der Waals surface area contributed by atoms with Crippen molar-refractivity contribution in [1.82, 2.24) is 0 Å². The Morgan fingerprint density at radius 1 is 1.00 bits per heavy atom. The monoisotopic (exact) mass is 312 g/mol. The molecule has 0 aromatic heterocycles. The van der Waals surface area contributed by atoms with Crippen LogP contribution in [0.5, 0.6) is 0 Å². The summed E-state index contributed by atoms with van der Waals surface area (Å²) < 4.78 is 48.1. The molecule has 0 bridgehead atoms. The van der Waals surface area contributed by atoms with Crippen LogP contribution in [-0.2, 0) is 10.0 Å². The first-order valence-corrected chi connectivity index (χ1v) is 7.20. The van der Waals surface area contributed by atoms with Crippen molar-refractivity contribution in [1.29, 1.82) is 0 Å². The molecule has 0 aliphatic heterocycles. The van der Waals surface area contributed by atoms with E-state index in [1.165, 1.54) is 12.1 Å². The lowest BCUT2D eigenvalue weighted by molar-refractivity contribution is 0.102. The number of nitrogens with one attached hydrogen (secondary N) is 1. The van der Waals surface area contributed by atoms with Crippen LogP contribution in [0.25, 0.3) is 0 Å². The number of anilines is 1. The van der Waals surface area contributed by atoms with Crippen LogP contribution in [-0.4, -0.2) is 14.3 Å². The third-order valence-electron chi connectivity index (χ3n) is 2.57.